The van der Waals surface area contributed by atoms with Gasteiger partial charge in [0.1, 0.15) is 4.88 Å². The number of pyridine rings is 1. The molecule has 0 saturated heterocycles. The highest BCUT2D eigenvalue weighted by Crippen LogP contribution is 2.14. The molecule has 0 fully saturated rings. The van der Waals surface area contributed by atoms with Crippen LogP contribution in [-0.2, 0) is 6.42 Å². The molecule has 2 aromatic rings. The van der Waals surface area contributed by atoms with Gasteiger partial charge < -0.3 is 11.1 Å². The average Bonchev–Trinajstić information content (AvgIpc) is 2.75. The van der Waals surface area contributed by atoms with E-state index in [0.29, 0.717) is 16.4 Å². The largest absolute Gasteiger partial charge is 0.375 e. The fraction of sp³-hybridized carbons (Fsp3) is 0.308. The normalized spacial score (nSPS) is 12.1. The van der Waals surface area contributed by atoms with Gasteiger partial charge in [-0.25, -0.2) is 4.98 Å². The Morgan fingerprint density at radius 1 is 1.53 bits per heavy atom. The highest BCUT2D eigenvalue weighted by molar-refractivity contribution is 7.17. The van der Waals surface area contributed by atoms with Crippen LogP contribution < -0.4 is 11.1 Å². The van der Waals surface area contributed by atoms with Crippen molar-refractivity contribution in [2.75, 3.05) is 5.73 Å². The van der Waals surface area contributed by atoms with E-state index in [1.165, 1.54) is 17.5 Å². The van der Waals surface area contributed by atoms with Crippen LogP contribution in [0, 0.1) is 6.92 Å². The number of thiazole rings is 1. The minimum atomic E-state index is -0.144. The molecule has 1 amide bonds. The van der Waals surface area contributed by atoms with Crippen molar-refractivity contribution >= 4 is 22.4 Å². The van der Waals surface area contributed by atoms with Crippen LogP contribution in [0.15, 0.2) is 24.4 Å². The Balaban J connectivity index is 1.94. The molecule has 3 N–H and O–H groups in total. The van der Waals surface area contributed by atoms with Crippen LogP contribution in [0.4, 0.5) is 5.13 Å². The van der Waals surface area contributed by atoms with E-state index in [2.05, 4.69) is 15.3 Å². The summed E-state index contributed by atoms with van der Waals surface area (Å²) in [6.07, 6.45) is 2.19. The molecule has 0 aliphatic rings. The second-order valence-electron chi connectivity index (χ2n) is 4.41. The molecule has 0 aliphatic carbocycles. The zero-order valence-electron chi connectivity index (χ0n) is 10.9. The molecule has 0 radical (unpaired) electrons. The number of rotatable bonds is 4. The van der Waals surface area contributed by atoms with E-state index in [1.807, 2.05) is 32.0 Å². The second-order valence-corrected chi connectivity index (χ2v) is 5.47. The molecular formula is C13H16N4OS. The second kappa shape index (κ2) is 5.79. The molecule has 1 atom stereocenters. The predicted octanol–water partition coefficient (Wildman–Crippen LogP) is 1.79. The van der Waals surface area contributed by atoms with Gasteiger partial charge in [-0.2, -0.15) is 0 Å². The SMILES string of the molecule is Cc1cccc(CC(C)NC(=O)c2cnc(N)s2)n1. The molecule has 1 unspecified atom stereocenters. The van der Waals surface area contributed by atoms with Crippen LogP contribution >= 0.6 is 11.3 Å². The van der Waals surface area contributed by atoms with Crippen molar-refractivity contribution in [3.63, 3.8) is 0 Å². The van der Waals surface area contributed by atoms with Gasteiger partial charge in [0, 0.05) is 23.9 Å². The van der Waals surface area contributed by atoms with Gasteiger partial charge in [0.2, 0.25) is 0 Å². The summed E-state index contributed by atoms with van der Waals surface area (Å²) in [7, 11) is 0. The molecule has 2 rings (SSSR count). The monoisotopic (exact) mass is 276 g/mol. The minimum absolute atomic E-state index is 0.00474. The Hall–Kier alpha value is -1.95. The number of hydrogen-bond acceptors (Lipinski definition) is 5. The van der Waals surface area contributed by atoms with Gasteiger partial charge >= 0.3 is 0 Å². The molecule has 0 saturated carbocycles. The summed E-state index contributed by atoms with van der Waals surface area (Å²) in [4.78, 5) is 20.7. The predicted molar refractivity (Wildman–Crippen MR) is 76.1 cm³/mol. The first kappa shape index (κ1) is 13.5. The van der Waals surface area contributed by atoms with Crippen LogP contribution in [-0.4, -0.2) is 21.9 Å². The molecule has 0 aromatic carbocycles. The van der Waals surface area contributed by atoms with E-state index in [9.17, 15) is 4.79 Å². The number of nitrogens with one attached hydrogen (secondary N) is 1. The number of carbonyl (C=O) groups is 1. The van der Waals surface area contributed by atoms with Crippen LogP contribution in [0.1, 0.15) is 28.0 Å². The van der Waals surface area contributed by atoms with Crippen LogP contribution in [0.2, 0.25) is 0 Å². The van der Waals surface area contributed by atoms with E-state index < -0.39 is 0 Å². The first-order valence-corrected chi connectivity index (χ1v) is 6.81. The van der Waals surface area contributed by atoms with Crippen molar-refractivity contribution in [1.82, 2.24) is 15.3 Å². The number of nitrogen functional groups attached to an aromatic ring is 1. The quantitative estimate of drug-likeness (QED) is 0.892. The maximum atomic E-state index is 11.9. The molecule has 100 valence electrons. The summed E-state index contributed by atoms with van der Waals surface area (Å²) in [6, 6.07) is 5.88. The van der Waals surface area contributed by atoms with Gasteiger partial charge in [-0.1, -0.05) is 17.4 Å². The van der Waals surface area contributed by atoms with Crippen molar-refractivity contribution in [3.8, 4) is 0 Å². The lowest BCUT2D eigenvalue weighted by Gasteiger charge is -2.12. The number of carbonyl (C=O) groups excluding carboxylic acids is 1. The Bertz CT molecular complexity index is 582. The van der Waals surface area contributed by atoms with E-state index in [4.69, 9.17) is 5.73 Å². The van der Waals surface area contributed by atoms with Gasteiger partial charge in [0.25, 0.3) is 5.91 Å². The Morgan fingerprint density at radius 2 is 2.32 bits per heavy atom. The van der Waals surface area contributed by atoms with Crippen LogP contribution in [0.5, 0.6) is 0 Å². The fourth-order valence-electron chi connectivity index (χ4n) is 1.77. The zero-order chi connectivity index (χ0) is 13.8. The van der Waals surface area contributed by atoms with Crippen LogP contribution in [0.3, 0.4) is 0 Å². The molecule has 19 heavy (non-hydrogen) atoms. The van der Waals surface area contributed by atoms with Crippen molar-refractivity contribution in [2.45, 2.75) is 26.3 Å². The van der Waals surface area contributed by atoms with Crippen molar-refractivity contribution in [3.05, 3.63) is 40.7 Å². The maximum Gasteiger partial charge on any atom is 0.263 e. The lowest BCUT2D eigenvalue weighted by atomic mass is 10.1. The summed E-state index contributed by atoms with van der Waals surface area (Å²) in [5, 5.41) is 3.31. The highest BCUT2D eigenvalue weighted by atomic mass is 32.1. The van der Waals surface area contributed by atoms with Gasteiger partial charge in [-0.15, -0.1) is 0 Å². The third kappa shape index (κ3) is 3.75. The number of aromatic nitrogens is 2. The van der Waals surface area contributed by atoms with Gasteiger partial charge in [-0.3, -0.25) is 9.78 Å². The van der Waals surface area contributed by atoms with E-state index in [-0.39, 0.29) is 11.9 Å². The summed E-state index contributed by atoms with van der Waals surface area (Å²) in [5.74, 6) is -0.144. The molecule has 0 bridgehead atoms. The lowest BCUT2D eigenvalue weighted by Crippen LogP contribution is -2.33. The molecule has 0 aliphatic heterocycles. The van der Waals surface area contributed by atoms with Gasteiger partial charge in [0.05, 0.1) is 6.20 Å². The van der Waals surface area contributed by atoms with Crippen LogP contribution in [0.25, 0.3) is 0 Å². The van der Waals surface area contributed by atoms with Gasteiger partial charge in [-0.05, 0) is 26.0 Å². The maximum absolute atomic E-state index is 11.9. The van der Waals surface area contributed by atoms with Crippen molar-refractivity contribution < 1.29 is 4.79 Å². The smallest absolute Gasteiger partial charge is 0.263 e. The lowest BCUT2D eigenvalue weighted by molar-refractivity contribution is 0.0944. The average molecular weight is 276 g/mol. The molecule has 2 heterocycles. The molecule has 6 heteroatoms. The zero-order valence-corrected chi connectivity index (χ0v) is 11.7. The molecule has 2 aromatic heterocycles. The first-order chi connectivity index (χ1) is 9.04. The number of amides is 1. The van der Waals surface area contributed by atoms with E-state index >= 15 is 0 Å². The number of nitrogens with two attached hydrogens (primary N) is 1. The summed E-state index contributed by atoms with van der Waals surface area (Å²) < 4.78 is 0. The first-order valence-electron chi connectivity index (χ1n) is 5.99. The molecule has 0 spiro atoms. The third-order valence-electron chi connectivity index (χ3n) is 2.59. The molecular weight excluding hydrogens is 260 g/mol. The number of nitrogens with zero attached hydrogens (tertiary/aromatic N) is 2. The van der Waals surface area contributed by atoms with Gasteiger partial charge in [0.15, 0.2) is 5.13 Å². The Morgan fingerprint density at radius 3 is 2.95 bits per heavy atom. The third-order valence-corrected chi connectivity index (χ3v) is 3.41. The topological polar surface area (TPSA) is 80.9 Å². The van der Waals surface area contributed by atoms with Crippen molar-refractivity contribution in [2.24, 2.45) is 0 Å². The minimum Gasteiger partial charge on any atom is -0.375 e. The number of hydrogen-bond donors (Lipinski definition) is 2. The molecule has 5 nitrogen and oxygen atoms in total. The number of aryl methyl sites for hydroxylation is 1. The summed E-state index contributed by atoms with van der Waals surface area (Å²) in [6.45, 7) is 3.90. The van der Waals surface area contributed by atoms with E-state index in [1.54, 1.807) is 0 Å². The highest BCUT2D eigenvalue weighted by Gasteiger charge is 2.13. The van der Waals surface area contributed by atoms with E-state index in [0.717, 1.165) is 11.4 Å². The Kier molecular flexibility index (Phi) is 4.11. The Labute approximate surface area is 115 Å². The standard InChI is InChI=1S/C13H16N4OS/c1-8-4-3-5-10(16-8)6-9(2)17-12(18)11-7-15-13(14)19-11/h3-5,7,9H,6H2,1-2H3,(H2,14,15)(H,17,18). The number of anilines is 1. The summed E-state index contributed by atoms with van der Waals surface area (Å²) in [5.41, 5.74) is 7.45. The van der Waals surface area contributed by atoms with Crippen molar-refractivity contribution in [1.29, 1.82) is 0 Å². The summed E-state index contributed by atoms with van der Waals surface area (Å²) >= 11 is 1.19. The fourth-order valence-corrected chi connectivity index (χ4v) is 2.35.